The van der Waals surface area contributed by atoms with E-state index in [4.69, 9.17) is 5.73 Å². The highest BCUT2D eigenvalue weighted by Gasteiger charge is 2.07. The molecule has 0 bridgehead atoms. The molecule has 0 heterocycles. The second-order valence-electron chi connectivity index (χ2n) is 8.48. The van der Waals surface area contributed by atoms with Gasteiger partial charge in [-0.2, -0.15) is 0 Å². The molecule has 1 aromatic carbocycles. The highest BCUT2D eigenvalue weighted by molar-refractivity contribution is 5.43. The molecule has 0 spiro atoms. The highest BCUT2D eigenvalue weighted by Crippen LogP contribution is 2.18. The molecule has 156 valence electrons. The van der Waals surface area contributed by atoms with Crippen LogP contribution in [0.2, 0.25) is 0 Å². The van der Waals surface area contributed by atoms with Crippen molar-refractivity contribution in [3.05, 3.63) is 30.3 Å². The molecule has 0 saturated heterocycles. The summed E-state index contributed by atoms with van der Waals surface area (Å²) in [5.41, 5.74) is 7.33. The monoisotopic (exact) mass is 374 g/mol. The van der Waals surface area contributed by atoms with Gasteiger partial charge < -0.3 is 11.1 Å². The van der Waals surface area contributed by atoms with Crippen LogP contribution in [0.5, 0.6) is 0 Å². The van der Waals surface area contributed by atoms with E-state index >= 15 is 0 Å². The normalized spacial score (nSPS) is 13.4. The summed E-state index contributed by atoms with van der Waals surface area (Å²) in [5, 5.41) is 3.39. The average molecular weight is 375 g/mol. The zero-order valence-electron chi connectivity index (χ0n) is 18.2. The largest absolute Gasteiger partial charge is 0.370 e. The number of para-hydroxylation sites is 1. The lowest BCUT2D eigenvalue weighted by atomic mass is 9.96. The van der Waals surface area contributed by atoms with Crippen LogP contribution in [-0.4, -0.2) is 6.17 Å². The molecule has 2 unspecified atom stereocenters. The number of anilines is 1. The Morgan fingerprint density at radius 3 is 1.78 bits per heavy atom. The van der Waals surface area contributed by atoms with Crippen LogP contribution < -0.4 is 11.1 Å². The van der Waals surface area contributed by atoms with E-state index in [0.29, 0.717) is 0 Å². The van der Waals surface area contributed by atoms with Crippen LogP contribution in [-0.2, 0) is 0 Å². The summed E-state index contributed by atoms with van der Waals surface area (Å²) in [6.45, 7) is 4.67. The van der Waals surface area contributed by atoms with E-state index in [-0.39, 0.29) is 6.17 Å². The Labute approximate surface area is 169 Å². The fraction of sp³-hybridized carbons (Fsp3) is 0.760. The first-order valence-electron chi connectivity index (χ1n) is 11.8. The van der Waals surface area contributed by atoms with Gasteiger partial charge in [0.15, 0.2) is 0 Å². The van der Waals surface area contributed by atoms with E-state index < -0.39 is 0 Å². The van der Waals surface area contributed by atoms with Gasteiger partial charge in [0.2, 0.25) is 0 Å². The first-order valence-corrected chi connectivity index (χ1v) is 11.8. The Balaban J connectivity index is 1.86. The maximum Gasteiger partial charge on any atom is 0.0743 e. The summed E-state index contributed by atoms with van der Waals surface area (Å²) in [5.74, 6) is 0.789. The Kier molecular flexibility index (Phi) is 15.2. The van der Waals surface area contributed by atoms with Crippen molar-refractivity contribution in [3.63, 3.8) is 0 Å². The van der Waals surface area contributed by atoms with Gasteiger partial charge >= 0.3 is 0 Å². The summed E-state index contributed by atoms with van der Waals surface area (Å²) in [6.07, 6.45) is 20.9. The van der Waals surface area contributed by atoms with Crippen LogP contribution in [0.3, 0.4) is 0 Å². The minimum Gasteiger partial charge on any atom is -0.370 e. The van der Waals surface area contributed by atoms with Crippen LogP contribution in [0, 0.1) is 5.92 Å². The smallest absolute Gasteiger partial charge is 0.0743 e. The van der Waals surface area contributed by atoms with Crippen LogP contribution >= 0.6 is 0 Å². The molecule has 0 aliphatic rings. The lowest BCUT2D eigenvalue weighted by Crippen LogP contribution is -2.29. The maximum atomic E-state index is 6.21. The van der Waals surface area contributed by atoms with Crippen molar-refractivity contribution in [2.75, 3.05) is 5.32 Å². The van der Waals surface area contributed by atoms with E-state index in [2.05, 4.69) is 31.3 Å². The predicted molar refractivity (Wildman–Crippen MR) is 122 cm³/mol. The minimum atomic E-state index is 0.0665. The van der Waals surface area contributed by atoms with Crippen LogP contribution in [0.1, 0.15) is 110 Å². The Bertz CT molecular complexity index is 418. The van der Waals surface area contributed by atoms with Crippen LogP contribution in [0.4, 0.5) is 5.69 Å². The Morgan fingerprint density at radius 1 is 0.704 bits per heavy atom. The second kappa shape index (κ2) is 17.1. The third-order valence-electron chi connectivity index (χ3n) is 5.65. The molecule has 2 heteroatoms. The van der Waals surface area contributed by atoms with Gasteiger partial charge in [0.25, 0.3) is 0 Å². The summed E-state index contributed by atoms with van der Waals surface area (Å²) >= 11 is 0. The molecular weight excluding hydrogens is 328 g/mol. The Hall–Kier alpha value is -1.02. The van der Waals surface area contributed by atoms with Gasteiger partial charge in [-0.15, -0.1) is 0 Å². The van der Waals surface area contributed by atoms with Gasteiger partial charge in [0, 0.05) is 5.69 Å². The molecule has 0 amide bonds. The summed E-state index contributed by atoms with van der Waals surface area (Å²) < 4.78 is 0. The quantitative estimate of drug-likeness (QED) is 0.202. The van der Waals surface area contributed by atoms with Gasteiger partial charge in [-0.3, -0.25) is 0 Å². The van der Waals surface area contributed by atoms with Gasteiger partial charge in [-0.25, -0.2) is 0 Å². The molecule has 27 heavy (non-hydrogen) atoms. The maximum absolute atomic E-state index is 6.21. The van der Waals surface area contributed by atoms with Crippen molar-refractivity contribution >= 4 is 5.69 Å². The topological polar surface area (TPSA) is 38.0 Å². The zero-order valence-corrected chi connectivity index (χ0v) is 18.2. The summed E-state index contributed by atoms with van der Waals surface area (Å²) in [6, 6.07) is 10.3. The predicted octanol–water partition coefficient (Wildman–Crippen LogP) is 7.89. The first-order chi connectivity index (χ1) is 13.2. The SMILES string of the molecule is CCCCCCCCCCCCCCC(C)CCC(N)Nc1ccccc1. The van der Waals surface area contributed by atoms with E-state index in [1.807, 2.05) is 18.2 Å². The number of benzene rings is 1. The van der Waals surface area contributed by atoms with Gasteiger partial charge in [0.05, 0.1) is 6.17 Å². The standard InChI is InChI=1S/C25H46N2/c1-3-4-5-6-7-8-9-10-11-12-13-15-18-23(2)21-22-25(26)27-24-19-16-14-17-20-24/h14,16-17,19-20,23,25,27H,3-13,15,18,21-22,26H2,1-2H3. The fourth-order valence-electron chi connectivity index (χ4n) is 3.76. The molecule has 0 aliphatic heterocycles. The molecule has 2 nitrogen and oxygen atoms in total. The van der Waals surface area contributed by atoms with Crippen molar-refractivity contribution in [2.45, 2.75) is 116 Å². The van der Waals surface area contributed by atoms with Crippen molar-refractivity contribution in [2.24, 2.45) is 11.7 Å². The van der Waals surface area contributed by atoms with Crippen LogP contribution in [0.25, 0.3) is 0 Å². The summed E-state index contributed by atoms with van der Waals surface area (Å²) in [4.78, 5) is 0. The van der Waals surface area contributed by atoms with Crippen molar-refractivity contribution in [1.82, 2.24) is 0 Å². The lowest BCUT2D eigenvalue weighted by Gasteiger charge is -2.18. The number of nitrogens with one attached hydrogen (secondary N) is 1. The van der Waals surface area contributed by atoms with E-state index in [1.165, 1.54) is 89.9 Å². The molecule has 0 aromatic heterocycles. The number of unbranched alkanes of at least 4 members (excludes halogenated alkanes) is 11. The molecule has 1 aromatic rings. The van der Waals surface area contributed by atoms with Gasteiger partial charge in [0.1, 0.15) is 0 Å². The first kappa shape index (κ1) is 24.0. The molecule has 0 fully saturated rings. The van der Waals surface area contributed by atoms with Crippen molar-refractivity contribution in [1.29, 1.82) is 0 Å². The average Bonchev–Trinajstić information content (AvgIpc) is 2.68. The molecule has 0 saturated carbocycles. The third-order valence-corrected chi connectivity index (χ3v) is 5.65. The van der Waals surface area contributed by atoms with Crippen molar-refractivity contribution < 1.29 is 0 Å². The van der Waals surface area contributed by atoms with Gasteiger partial charge in [-0.1, -0.05) is 116 Å². The summed E-state index contributed by atoms with van der Waals surface area (Å²) in [7, 11) is 0. The molecule has 3 N–H and O–H groups in total. The Morgan fingerprint density at radius 2 is 1.22 bits per heavy atom. The number of nitrogens with two attached hydrogens (primary N) is 1. The molecule has 0 aliphatic carbocycles. The fourth-order valence-corrected chi connectivity index (χ4v) is 3.76. The van der Waals surface area contributed by atoms with Crippen molar-refractivity contribution in [3.8, 4) is 0 Å². The van der Waals surface area contributed by atoms with E-state index in [9.17, 15) is 0 Å². The zero-order chi connectivity index (χ0) is 19.6. The molecule has 0 radical (unpaired) electrons. The second-order valence-corrected chi connectivity index (χ2v) is 8.48. The number of hydrogen-bond donors (Lipinski definition) is 2. The number of rotatable bonds is 18. The van der Waals surface area contributed by atoms with E-state index in [0.717, 1.165) is 18.0 Å². The number of hydrogen-bond acceptors (Lipinski definition) is 2. The lowest BCUT2D eigenvalue weighted by molar-refractivity contribution is 0.429. The van der Waals surface area contributed by atoms with E-state index in [1.54, 1.807) is 0 Å². The minimum absolute atomic E-state index is 0.0665. The highest BCUT2D eigenvalue weighted by atomic mass is 15.0. The third kappa shape index (κ3) is 14.7. The molecule has 1 rings (SSSR count). The van der Waals surface area contributed by atoms with Gasteiger partial charge in [-0.05, 0) is 30.9 Å². The molecule has 2 atom stereocenters. The molecular formula is C25H46N2. The van der Waals surface area contributed by atoms with Crippen LogP contribution in [0.15, 0.2) is 30.3 Å².